The lowest BCUT2D eigenvalue weighted by atomic mass is 9.99. The maximum absolute atomic E-state index is 12.8. The number of amides is 1. The predicted molar refractivity (Wildman–Crippen MR) is 105 cm³/mol. The summed E-state index contributed by atoms with van der Waals surface area (Å²) in [5.74, 6) is 1.27. The first kappa shape index (κ1) is 16.3. The quantitative estimate of drug-likeness (QED) is 0.838. The smallest absolute Gasteiger partial charge is 0.242 e. The molecule has 0 saturated carbocycles. The van der Waals surface area contributed by atoms with Crippen LogP contribution in [0.1, 0.15) is 12.0 Å². The van der Waals surface area contributed by atoms with E-state index in [1.54, 1.807) is 0 Å². The van der Waals surface area contributed by atoms with Crippen molar-refractivity contribution in [2.45, 2.75) is 11.3 Å². The molecule has 0 bridgehead atoms. The Labute approximate surface area is 153 Å². The van der Waals surface area contributed by atoms with Crippen molar-refractivity contribution in [2.75, 3.05) is 36.8 Å². The molecular weight excluding hydrogens is 328 g/mol. The summed E-state index contributed by atoms with van der Waals surface area (Å²) in [6.07, 6.45) is 3.14. The summed E-state index contributed by atoms with van der Waals surface area (Å²) in [6.45, 7) is 2.94. The van der Waals surface area contributed by atoms with E-state index in [0.717, 1.165) is 25.3 Å². The van der Waals surface area contributed by atoms with E-state index in [1.165, 1.54) is 21.7 Å². The fourth-order valence-electron chi connectivity index (χ4n) is 3.46. The third-order valence-corrected chi connectivity index (χ3v) is 5.90. The van der Waals surface area contributed by atoms with Crippen LogP contribution in [0.5, 0.6) is 0 Å². The molecule has 4 rings (SSSR count). The molecule has 0 fully saturated rings. The SMILES string of the molecule is O=C(CN1CCSc2ccccc21)N1CC=C(c2ccccc2)CC1. The standard InChI is InChI=1S/C21H22N2OS/c24-21(16-23-14-15-25-20-9-5-4-8-19(20)23)22-12-10-18(11-13-22)17-6-2-1-3-7-17/h1-10H,11-16H2. The largest absolute Gasteiger partial charge is 0.360 e. The number of benzene rings is 2. The highest BCUT2D eigenvalue weighted by Crippen LogP contribution is 2.34. The summed E-state index contributed by atoms with van der Waals surface area (Å²) >= 11 is 1.88. The van der Waals surface area contributed by atoms with Gasteiger partial charge in [0.15, 0.2) is 0 Å². The van der Waals surface area contributed by atoms with Crippen molar-refractivity contribution in [3.05, 3.63) is 66.2 Å². The maximum atomic E-state index is 12.8. The van der Waals surface area contributed by atoms with Crippen molar-refractivity contribution >= 4 is 28.9 Å². The van der Waals surface area contributed by atoms with Gasteiger partial charge >= 0.3 is 0 Å². The van der Waals surface area contributed by atoms with Crippen molar-refractivity contribution in [2.24, 2.45) is 0 Å². The Morgan fingerprint density at radius 3 is 2.60 bits per heavy atom. The molecule has 0 N–H and O–H groups in total. The van der Waals surface area contributed by atoms with Crippen LogP contribution in [-0.4, -0.2) is 42.7 Å². The highest BCUT2D eigenvalue weighted by molar-refractivity contribution is 7.99. The second-order valence-corrected chi connectivity index (χ2v) is 7.56. The minimum Gasteiger partial charge on any atom is -0.360 e. The molecule has 0 atom stereocenters. The molecule has 2 aliphatic heterocycles. The number of carbonyl (C=O) groups excluding carboxylic acids is 1. The molecule has 0 saturated heterocycles. The Bertz CT molecular complexity index is 787. The highest BCUT2D eigenvalue weighted by Gasteiger charge is 2.23. The normalized spacial score (nSPS) is 17.0. The van der Waals surface area contributed by atoms with Crippen LogP contribution in [0.15, 0.2) is 65.6 Å². The van der Waals surface area contributed by atoms with E-state index >= 15 is 0 Å². The molecule has 4 heteroatoms. The first-order valence-corrected chi connectivity index (χ1v) is 9.79. The second-order valence-electron chi connectivity index (χ2n) is 6.42. The van der Waals surface area contributed by atoms with Gasteiger partial charge < -0.3 is 9.80 Å². The van der Waals surface area contributed by atoms with Crippen LogP contribution in [0, 0.1) is 0 Å². The van der Waals surface area contributed by atoms with Crippen LogP contribution < -0.4 is 4.90 Å². The van der Waals surface area contributed by atoms with Gasteiger partial charge in [0, 0.05) is 30.3 Å². The van der Waals surface area contributed by atoms with Gasteiger partial charge in [-0.2, -0.15) is 0 Å². The van der Waals surface area contributed by atoms with Gasteiger partial charge in [-0.25, -0.2) is 0 Å². The van der Waals surface area contributed by atoms with Crippen LogP contribution in [0.2, 0.25) is 0 Å². The molecule has 0 aliphatic carbocycles. The molecule has 25 heavy (non-hydrogen) atoms. The van der Waals surface area contributed by atoms with Crippen LogP contribution in [-0.2, 0) is 4.79 Å². The molecule has 3 nitrogen and oxygen atoms in total. The minimum atomic E-state index is 0.227. The summed E-state index contributed by atoms with van der Waals surface area (Å²) in [5, 5.41) is 0. The van der Waals surface area contributed by atoms with E-state index in [2.05, 4.69) is 59.5 Å². The van der Waals surface area contributed by atoms with Gasteiger partial charge in [0.25, 0.3) is 0 Å². The van der Waals surface area contributed by atoms with Gasteiger partial charge in [0.1, 0.15) is 0 Å². The minimum absolute atomic E-state index is 0.227. The van der Waals surface area contributed by atoms with Crippen LogP contribution in [0.4, 0.5) is 5.69 Å². The zero-order chi connectivity index (χ0) is 17.1. The lowest BCUT2D eigenvalue weighted by Gasteiger charge is -2.33. The molecule has 0 aromatic heterocycles. The Morgan fingerprint density at radius 1 is 1.00 bits per heavy atom. The van der Waals surface area contributed by atoms with Gasteiger partial charge in [-0.3, -0.25) is 4.79 Å². The third-order valence-electron chi connectivity index (χ3n) is 4.86. The fraction of sp³-hybridized carbons (Fsp3) is 0.286. The van der Waals surface area contributed by atoms with E-state index < -0.39 is 0 Å². The number of rotatable bonds is 3. The molecule has 0 unspecified atom stereocenters. The first-order chi connectivity index (χ1) is 12.3. The summed E-state index contributed by atoms with van der Waals surface area (Å²) in [7, 11) is 0. The topological polar surface area (TPSA) is 23.6 Å². The fourth-order valence-corrected chi connectivity index (χ4v) is 4.52. The summed E-state index contributed by atoms with van der Waals surface area (Å²) in [6, 6.07) is 18.9. The number of hydrogen-bond donors (Lipinski definition) is 0. The molecule has 2 heterocycles. The second kappa shape index (κ2) is 7.36. The Hall–Kier alpha value is -2.20. The molecule has 2 aliphatic rings. The van der Waals surface area contributed by atoms with E-state index in [9.17, 15) is 4.79 Å². The van der Waals surface area contributed by atoms with Crippen molar-refractivity contribution in [1.29, 1.82) is 0 Å². The van der Waals surface area contributed by atoms with Gasteiger partial charge in [0.05, 0.1) is 12.2 Å². The molecular formula is C21H22N2OS. The average Bonchev–Trinajstić information content (AvgIpc) is 2.69. The number of anilines is 1. The average molecular weight is 350 g/mol. The van der Waals surface area contributed by atoms with Gasteiger partial charge in [0.2, 0.25) is 5.91 Å². The number of para-hydroxylation sites is 1. The summed E-state index contributed by atoms with van der Waals surface area (Å²) in [4.78, 5) is 18.3. The molecule has 0 radical (unpaired) electrons. The van der Waals surface area contributed by atoms with Gasteiger partial charge in [-0.1, -0.05) is 48.5 Å². The summed E-state index contributed by atoms with van der Waals surface area (Å²) < 4.78 is 0. The first-order valence-electron chi connectivity index (χ1n) is 8.80. The van der Waals surface area contributed by atoms with Gasteiger partial charge in [-0.05, 0) is 29.7 Å². The Balaban J connectivity index is 1.41. The van der Waals surface area contributed by atoms with E-state index in [-0.39, 0.29) is 5.91 Å². The van der Waals surface area contributed by atoms with Crippen LogP contribution in [0.25, 0.3) is 5.57 Å². The number of nitrogens with zero attached hydrogens (tertiary/aromatic N) is 2. The molecule has 1 amide bonds. The van der Waals surface area contributed by atoms with Crippen molar-refractivity contribution < 1.29 is 4.79 Å². The van der Waals surface area contributed by atoms with Crippen molar-refractivity contribution in [3.63, 3.8) is 0 Å². The predicted octanol–water partition coefficient (Wildman–Crippen LogP) is 3.91. The number of thioether (sulfide) groups is 1. The van der Waals surface area contributed by atoms with E-state index in [0.29, 0.717) is 13.1 Å². The monoisotopic (exact) mass is 350 g/mol. The van der Waals surface area contributed by atoms with Crippen LogP contribution in [0.3, 0.4) is 0 Å². The third kappa shape index (κ3) is 3.59. The van der Waals surface area contributed by atoms with E-state index in [1.807, 2.05) is 22.7 Å². The van der Waals surface area contributed by atoms with Gasteiger partial charge in [-0.15, -0.1) is 11.8 Å². The number of hydrogen-bond acceptors (Lipinski definition) is 3. The number of fused-ring (bicyclic) bond motifs is 1. The highest BCUT2D eigenvalue weighted by atomic mass is 32.2. The molecule has 2 aromatic carbocycles. The molecule has 128 valence electrons. The Kier molecular flexibility index (Phi) is 4.79. The van der Waals surface area contributed by atoms with Crippen molar-refractivity contribution in [1.82, 2.24) is 4.90 Å². The molecule has 2 aromatic rings. The molecule has 0 spiro atoms. The zero-order valence-corrected chi connectivity index (χ0v) is 15.0. The lowest BCUT2D eigenvalue weighted by molar-refractivity contribution is -0.129. The summed E-state index contributed by atoms with van der Waals surface area (Å²) in [5.41, 5.74) is 3.82. The maximum Gasteiger partial charge on any atom is 0.242 e. The lowest BCUT2D eigenvalue weighted by Crippen LogP contribution is -2.43. The zero-order valence-electron chi connectivity index (χ0n) is 14.2. The number of carbonyl (C=O) groups is 1. The van der Waals surface area contributed by atoms with Crippen molar-refractivity contribution in [3.8, 4) is 0 Å². The van der Waals surface area contributed by atoms with Crippen LogP contribution >= 0.6 is 11.8 Å². The Morgan fingerprint density at radius 2 is 1.80 bits per heavy atom. The van der Waals surface area contributed by atoms with E-state index in [4.69, 9.17) is 0 Å².